The highest BCUT2D eigenvalue weighted by Crippen LogP contribution is 2.30. The maximum Gasteiger partial charge on any atom is 0.272 e. The zero-order chi connectivity index (χ0) is 22.1. The molecule has 6 nitrogen and oxygen atoms in total. The number of thioether (sulfide) groups is 1. The number of nitrogens with one attached hydrogen (secondary N) is 1. The lowest BCUT2D eigenvalue weighted by atomic mass is 10.1. The van der Waals surface area contributed by atoms with Gasteiger partial charge in [-0.15, -0.1) is 11.3 Å². The third-order valence-electron chi connectivity index (χ3n) is 5.83. The van der Waals surface area contributed by atoms with Crippen molar-refractivity contribution in [2.24, 2.45) is 0 Å². The first-order chi connectivity index (χ1) is 15.6. The van der Waals surface area contributed by atoms with Gasteiger partial charge >= 0.3 is 0 Å². The molecule has 1 aliphatic carbocycles. The van der Waals surface area contributed by atoms with Gasteiger partial charge in [0, 0.05) is 17.6 Å². The molecule has 1 fully saturated rings. The minimum Gasteiger partial charge on any atom is -0.353 e. The fourth-order valence-corrected chi connectivity index (χ4v) is 5.97. The number of thiophene rings is 1. The molecule has 32 heavy (non-hydrogen) atoms. The SMILES string of the molecule is Cc1ccc(Cn2c(SCC(=O)NC3CCCC3)nc3c(sc4ncccc43)c2=O)cc1. The van der Waals surface area contributed by atoms with E-state index in [0.29, 0.717) is 21.9 Å². The largest absolute Gasteiger partial charge is 0.353 e. The van der Waals surface area contributed by atoms with Crippen LogP contribution in [-0.4, -0.2) is 32.2 Å². The number of aromatic nitrogens is 3. The summed E-state index contributed by atoms with van der Waals surface area (Å²) < 4.78 is 2.29. The molecule has 1 N–H and O–H groups in total. The van der Waals surface area contributed by atoms with Crippen LogP contribution in [0.3, 0.4) is 0 Å². The van der Waals surface area contributed by atoms with Crippen molar-refractivity contribution < 1.29 is 4.79 Å². The van der Waals surface area contributed by atoms with Crippen LogP contribution in [-0.2, 0) is 11.3 Å². The van der Waals surface area contributed by atoms with Crippen LogP contribution in [0.2, 0.25) is 0 Å². The second kappa shape index (κ2) is 9.03. The van der Waals surface area contributed by atoms with Crippen molar-refractivity contribution in [3.05, 3.63) is 64.1 Å². The topological polar surface area (TPSA) is 76.9 Å². The van der Waals surface area contributed by atoms with Gasteiger partial charge in [-0.25, -0.2) is 9.97 Å². The van der Waals surface area contributed by atoms with E-state index >= 15 is 0 Å². The van der Waals surface area contributed by atoms with Crippen LogP contribution in [0.15, 0.2) is 52.5 Å². The number of hydrogen-bond acceptors (Lipinski definition) is 6. The highest BCUT2D eigenvalue weighted by atomic mass is 32.2. The predicted octanol–water partition coefficient (Wildman–Crippen LogP) is 4.51. The first-order valence-electron chi connectivity index (χ1n) is 10.8. The molecule has 164 valence electrons. The number of hydrogen-bond donors (Lipinski definition) is 1. The Balaban J connectivity index is 1.51. The van der Waals surface area contributed by atoms with E-state index in [-0.39, 0.29) is 23.3 Å². The fourth-order valence-electron chi connectivity index (χ4n) is 4.14. The molecular weight excluding hydrogens is 440 g/mol. The molecule has 0 radical (unpaired) electrons. The average Bonchev–Trinajstić information content (AvgIpc) is 3.44. The Morgan fingerprint density at radius 2 is 2.00 bits per heavy atom. The summed E-state index contributed by atoms with van der Waals surface area (Å²) in [6.45, 7) is 2.45. The molecular formula is C24H24N4O2S2. The number of aryl methyl sites for hydroxylation is 1. The van der Waals surface area contributed by atoms with E-state index in [1.54, 1.807) is 10.8 Å². The first-order valence-corrected chi connectivity index (χ1v) is 12.6. The summed E-state index contributed by atoms with van der Waals surface area (Å²) >= 11 is 2.70. The van der Waals surface area contributed by atoms with E-state index in [4.69, 9.17) is 4.98 Å². The lowest BCUT2D eigenvalue weighted by Gasteiger charge is -2.14. The molecule has 0 bridgehead atoms. The third-order valence-corrected chi connectivity index (χ3v) is 7.90. The van der Waals surface area contributed by atoms with Crippen molar-refractivity contribution in [1.29, 1.82) is 0 Å². The number of nitrogens with zero attached hydrogens (tertiary/aromatic N) is 3. The third kappa shape index (κ3) is 4.29. The van der Waals surface area contributed by atoms with Crippen molar-refractivity contribution in [2.45, 2.75) is 50.4 Å². The number of amides is 1. The normalized spacial score (nSPS) is 14.4. The molecule has 4 aromatic rings. The maximum atomic E-state index is 13.5. The summed E-state index contributed by atoms with van der Waals surface area (Å²) in [6.07, 6.45) is 6.17. The van der Waals surface area contributed by atoms with Crippen LogP contribution in [0.1, 0.15) is 36.8 Å². The van der Waals surface area contributed by atoms with Gasteiger partial charge in [0.25, 0.3) is 5.56 Å². The molecule has 3 aromatic heterocycles. The second-order valence-corrected chi connectivity index (χ2v) is 10.2. The van der Waals surface area contributed by atoms with E-state index in [1.165, 1.54) is 41.5 Å². The van der Waals surface area contributed by atoms with Crippen LogP contribution in [0.5, 0.6) is 0 Å². The highest BCUT2D eigenvalue weighted by molar-refractivity contribution is 7.99. The van der Waals surface area contributed by atoms with E-state index in [0.717, 1.165) is 28.6 Å². The van der Waals surface area contributed by atoms with Gasteiger partial charge in [0.05, 0.1) is 17.8 Å². The quantitative estimate of drug-likeness (QED) is 0.336. The molecule has 8 heteroatoms. The van der Waals surface area contributed by atoms with Gasteiger partial charge in [0.1, 0.15) is 9.53 Å². The van der Waals surface area contributed by atoms with Gasteiger partial charge in [0.2, 0.25) is 5.91 Å². The van der Waals surface area contributed by atoms with E-state index in [2.05, 4.69) is 10.3 Å². The number of carbonyl (C=O) groups is 1. The van der Waals surface area contributed by atoms with Crippen molar-refractivity contribution in [3.63, 3.8) is 0 Å². The number of pyridine rings is 1. The Morgan fingerprint density at radius 3 is 2.78 bits per heavy atom. The Labute approximate surface area is 194 Å². The fraction of sp³-hybridized carbons (Fsp3) is 0.333. The number of rotatable bonds is 6. The Kier molecular flexibility index (Phi) is 5.97. The Bertz CT molecular complexity index is 1340. The van der Waals surface area contributed by atoms with Gasteiger partial charge < -0.3 is 5.32 Å². The van der Waals surface area contributed by atoms with Crippen LogP contribution in [0, 0.1) is 6.92 Å². The van der Waals surface area contributed by atoms with Gasteiger partial charge in [0.15, 0.2) is 5.16 Å². The molecule has 0 spiro atoms. The van der Waals surface area contributed by atoms with Crippen molar-refractivity contribution in [1.82, 2.24) is 19.9 Å². The lowest BCUT2D eigenvalue weighted by molar-refractivity contribution is -0.119. The highest BCUT2D eigenvalue weighted by Gasteiger charge is 2.20. The summed E-state index contributed by atoms with van der Waals surface area (Å²) in [4.78, 5) is 36.1. The molecule has 0 aliphatic heterocycles. The van der Waals surface area contributed by atoms with Gasteiger partial charge in [-0.2, -0.15) is 0 Å². The summed E-state index contributed by atoms with van der Waals surface area (Å²) in [5.74, 6) is 0.234. The molecule has 1 saturated carbocycles. The molecule has 1 aromatic carbocycles. The van der Waals surface area contributed by atoms with E-state index < -0.39 is 0 Å². The number of benzene rings is 1. The van der Waals surface area contributed by atoms with Crippen LogP contribution in [0.25, 0.3) is 20.4 Å². The monoisotopic (exact) mass is 464 g/mol. The van der Waals surface area contributed by atoms with Crippen molar-refractivity contribution in [2.75, 3.05) is 5.75 Å². The molecule has 1 aliphatic rings. The van der Waals surface area contributed by atoms with Gasteiger partial charge in [-0.05, 0) is 37.5 Å². The number of carbonyl (C=O) groups excluding carboxylic acids is 1. The van der Waals surface area contributed by atoms with Gasteiger partial charge in [-0.3, -0.25) is 14.2 Å². The molecule has 0 atom stereocenters. The predicted molar refractivity (Wildman–Crippen MR) is 131 cm³/mol. The minimum atomic E-state index is -0.0859. The Hall–Kier alpha value is -2.71. The van der Waals surface area contributed by atoms with Crippen LogP contribution in [0.4, 0.5) is 0 Å². The summed E-state index contributed by atoms with van der Waals surface area (Å²) in [5, 5.41) is 4.56. The lowest BCUT2D eigenvalue weighted by Crippen LogP contribution is -2.34. The molecule has 3 heterocycles. The zero-order valence-electron chi connectivity index (χ0n) is 17.8. The minimum absolute atomic E-state index is 0.00465. The number of fused-ring (bicyclic) bond motifs is 3. The van der Waals surface area contributed by atoms with Crippen molar-refractivity contribution in [3.8, 4) is 0 Å². The standard InChI is InChI=1S/C24H24N4O2S2/c1-15-8-10-16(11-9-15)13-28-23(30)21-20(18-7-4-12-25-22(18)32-21)27-24(28)31-14-19(29)26-17-5-2-3-6-17/h4,7-12,17H,2-3,5-6,13-14H2,1H3,(H,26,29). The first kappa shape index (κ1) is 21.2. The average molecular weight is 465 g/mol. The summed E-state index contributed by atoms with van der Waals surface area (Å²) in [5.41, 5.74) is 2.78. The molecule has 5 rings (SSSR count). The molecule has 0 unspecified atom stereocenters. The van der Waals surface area contributed by atoms with Crippen LogP contribution >= 0.6 is 23.1 Å². The molecule has 0 saturated heterocycles. The summed E-state index contributed by atoms with van der Waals surface area (Å²) in [7, 11) is 0. The Morgan fingerprint density at radius 1 is 1.22 bits per heavy atom. The van der Waals surface area contributed by atoms with Crippen molar-refractivity contribution >= 4 is 49.4 Å². The zero-order valence-corrected chi connectivity index (χ0v) is 19.5. The van der Waals surface area contributed by atoms with E-state index in [1.807, 2.05) is 43.3 Å². The summed E-state index contributed by atoms with van der Waals surface area (Å²) in [6, 6.07) is 12.2. The molecule has 1 amide bonds. The van der Waals surface area contributed by atoms with Crippen LogP contribution < -0.4 is 10.9 Å². The maximum absolute atomic E-state index is 13.5. The smallest absolute Gasteiger partial charge is 0.272 e. The second-order valence-electron chi connectivity index (χ2n) is 8.24. The van der Waals surface area contributed by atoms with Gasteiger partial charge in [-0.1, -0.05) is 54.4 Å². The van der Waals surface area contributed by atoms with E-state index in [9.17, 15) is 9.59 Å².